The molecule has 8 nitrogen and oxygen atoms in total. The van der Waals surface area contributed by atoms with Crippen LogP contribution in [0.15, 0.2) is 71.1 Å². The highest BCUT2D eigenvalue weighted by molar-refractivity contribution is 7.92. The predicted molar refractivity (Wildman–Crippen MR) is 147 cm³/mol. The topological polar surface area (TPSA) is 119 Å². The van der Waals surface area contributed by atoms with Gasteiger partial charge in [-0.15, -0.1) is 0 Å². The number of hydrogen-bond donors (Lipinski definition) is 2. The Morgan fingerprint density at radius 1 is 1.05 bits per heavy atom. The maximum Gasteiger partial charge on any atom is 0.336 e. The molecule has 38 heavy (non-hydrogen) atoms. The van der Waals surface area contributed by atoms with Crippen LogP contribution in [-0.4, -0.2) is 30.7 Å². The molecule has 2 aromatic heterocycles. The number of hydrogen-bond acceptors (Lipinski definition) is 6. The van der Waals surface area contributed by atoms with Crippen molar-refractivity contribution in [3.63, 3.8) is 0 Å². The van der Waals surface area contributed by atoms with Gasteiger partial charge in [0.05, 0.1) is 22.7 Å². The summed E-state index contributed by atoms with van der Waals surface area (Å²) < 4.78 is 37.7. The molecule has 0 spiro atoms. The van der Waals surface area contributed by atoms with E-state index in [1.54, 1.807) is 30.3 Å². The summed E-state index contributed by atoms with van der Waals surface area (Å²) >= 11 is 0. The van der Waals surface area contributed by atoms with Crippen molar-refractivity contribution in [3.05, 3.63) is 89.0 Å². The Labute approximate surface area is 219 Å². The zero-order valence-electron chi connectivity index (χ0n) is 21.3. The average Bonchev–Trinajstić information content (AvgIpc) is 3.21. The van der Waals surface area contributed by atoms with E-state index in [4.69, 9.17) is 14.1 Å². The van der Waals surface area contributed by atoms with Gasteiger partial charge in [-0.2, -0.15) is 0 Å². The first-order valence-corrected chi connectivity index (χ1v) is 13.8. The Morgan fingerprint density at radius 2 is 1.76 bits per heavy atom. The molecule has 0 saturated carbocycles. The average molecular weight is 531 g/mol. The summed E-state index contributed by atoms with van der Waals surface area (Å²) in [6.45, 7) is 5.64. The van der Waals surface area contributed by atoms with Crippen LogP contribution in [0, 0.1) is 13.8 Å². The quantitative estimate of drug-likeness (QED) is 0.247. The summed E-state index contributed by atoms with van der Waals surface area (Å²) in [6.07, 6.45) is 0.636. The maximum absolute atomic E-state index is 12.5. The molecule has 0 bridgehead atoms. The molecule has 0 fully saturated rings. The van der Waals surface area contributed by atoms with Crippen LogP contribution in [0.2, 0.25) is 0 Å². The van der Waals surface area contributed by atoms with E-state index < -0.39 is 22.1 Å². The number of benzene rings is 3. The molecule has 0 amide bonds. The van der Waals surface area contributed by atoms with Crippen molar-refractivity contribution in [2.75, 3.05) is 11.0 Å². The second-order valence-corrected chi connectivity index (χ2v) is 11.0. The van der Waals surface area contributed by atoms with Crippen LogP contribution in [0.5, 0.6) is 5.75 Å². The third kappa shape index (κ3) is 4.80. The summed E-state index contributed by atoms with van der Waals surface area (Å²) in [5, 5.41) is 11.5. The Bertz CT molecular complexity index is 1810. The number of carboxylic acid groups (broad SMARTS) is 1. The second kappa shape index (κ2) is 9.50. The van der Waals surface area contributed by atoms with Crippen LogP contribution in [0.1, 0.15) is 40.1 Å². The molecule has 1 atom stereocenters. The van der Waals surface area contributed by atoms with Crippen LogP contribution < -0.4 is 9.46 Å². The molecule has 0 aliphatic rings. The van der Waals surface area contributed by atoms with Gasteiger partial charge < -0.3 is 14.3 Å². The van der Waals surface area contributed by atoms with E-state index in [1.165, 1.54) is 6.07 Å². The summed E-state index contributed by atoms with van der Waals surface area (Å²) in [7, 11) is -3.38. The zero-order chi connectivity index (χ0) is 27.2. The fourth-order valence-corrected chi connectivity index (χ4v) is 5.10. The Hall–Kier alpha value is -4.37. The third-order valence-electron chi connectivity index (χ3n) is 6.42. The van der Waals surface area contributed by atoms with E-state index in [-0.39, 0.29) is 5.56 Å². The van der Waals surface area contributed by atoms with Crippen LogP contribution in [-0.2, 0) is 10.0 Å². The highest BCUT2D eigenvalue weighted by atomic mass is 32.2. The number of para-hydroxylation sites is 1. The van der Waals surface area contributed by atoms with Crippen molar-refractivity contribution in [3.8, 4) is 17.2 Å². The highest BCUT2D eigenvalue weighted by Gasteiger charge is 2.22. The number of sulfonamides is 1. The number of aromatic nitrogens is 1. The number of carboxylic acids is 1. The minimum absolute atomic E-state index is 0.0588. The van der Waals surface area contributed by atoms with Crippen LogP contribution in [0.4, 0.5) is 5.69 Å². The van der Waals surface area contributed by atoms with Crippen LogP contribution in [0.25, 0.3) is 33.3 Å². The van der Waals surface area contributed by atoms with E-state index in [9.17, 15) is 18.3 Å². The molecule has 2 N–H and O–H groups in total. The van der Waals surface area contributed by atoms with Gasteiger partial charge in [-0.3, -0.25) is 4.72 Å². The van der Waals surface area contributed by atoms with Crippen molar-refractivity contribution < 1.29 is 27.5 Å². The number of fused-ring (bicyclic) bond motifs is 2. The van der Waals surface area contributed by atoms with Crippen molar-refractivity contribution >= 4 is 43.6 Å². The number of carbonyl (C=O) groups is 1. The van der Waals surface area contributed by atoms with Crippen molar-refractivity contribution in [1.82, 2.24) is 4.98 Å². The Balaban J connectivity index is 1.58. The standard InChI is InChI=1S/C29H26N2O6S/c1-16-9-14-25(36-18(3)19-10-12-20(13-11-19)31-38(4,34)35)26-22(29(32)33)15-23(30-27(16)26)28-17(2)21-7-5-6-8-24(21)37-28/h5-15,18,31H,1-4H3,(H,32,33)/t18-/m1/s1. The molecule has 5 rings (SSSR count). The van der Waals surface area contributed by atoms with E-state index in [2.05, 4.69) is 4.72 Å². The smallest absolute Gasteiger partial charge is 0.336 e. The molecule has 0 aliphatic heterocycles. The number of rotatable bonds is 7. The van der Waals surface area contributed by atoms with Gasteiger partial charge in [0.25, 0.3) is 0 Å². The molecule has 0 saturated heterocycles. The molecular weight excluding hydrogens is 504 g/mol. The lowest BCUT2D eigenvalue weighted by molar-refractivity contribution is 0.0698. The first kappa shape index (κ1) is 25.3. The van der Waals surface area contributed by atoms with Gasteiger partial charge in [0.15, 0.2) is 5.76 Å². The van der Waals surface area contributed by atoms with Gasteiger partial charge in [-0.25, -0.2) is 18.2 Å². The molecule has 194 valence electrons. The first-order valence-electron chi connectivity index (χ1n) is 11.9. The molecule has 3 aromatic carbocycles. The number of aryl methyl sites for hydroxylation is 2. The van der Waals surface area contributed by atoms with E-state index in [0.717, 1.165) is 28.3 Å². The van der Waals surface area contributed by atoms with Crippen molar-refractivity contribution in [1.29, 1.82) is 0 Å². The zero-order valence-corrected chi connectivity index (χ0v) is 22.1. The summed E-state index contributed by atoms with van der Waals surface area (Å²) in [6, 6.07) is 19.6. The summed E-state index contributed by atoms with van der Waals surface area (Å²) in [4.78, 5) is 17.3. The molecule has 0 aliphatic carbocycles. The number of anilines is 1. The molecule has 2 heterocycles. The minimum Gasteiger partial charge on any atom is -0.485 e. The first-order chi connectivity index (χ1) is 18.0. The van der Waals surface area contributed by atoms with Gasteiger partial charge in [0.2, 0.25) is 10.0 Å². The molecule has 9 heteroatoms. The normalized spacial score (nSPS) is 12.5. The largest absolute Gasteiger partial charge is 0.485 e. The monoisotopic (exact) mass is 530 g/mol. The molecule has 5 aromatic rings. The minimum atomic E-state index is -3.38. The molecule has 0 radical (unpaired) electrons. The van der Waals surface area contributed by atoms with Gasteiger partial charge >= 0.3 is 5.97 Å². The van der Waals surface area contributed by atoms with E-state index in [1.807, 2.05) is 51.1 Å². The summed E-state index contributed by atoms with van der Waals surface area (Å²) in [5.74, 6) is -0.196. The number of nitrogens with zero attached hydrogens (tertiary/aromatic N) is 1. The van der Waals surface area contributed by atoms with Crippen molar-refractivity contribution in [2.24, 2.45) is 0 Å². The lowest BCUT2D eigenvalue weighted by atomic mass is 10.0. The van der Waals surface area contributed by atoms with E-state index in [0.29, 0.717) is 39.4 Å². The molecular formula is C29H26N2O6S. The number of aromatic carboxylic acids is 1. The third-order valence-corrected chi connectivity index (χ3v) is 7.02. The van der Waals surface area contributed by atoms with Gasteiger partial charge in [-0.1, -0.05) is 36.4 Å². The van der Waals surface area contributed by atoms with Crippen LogP contribution >= 0.6 is 0 Å². The highest BCUT2D eigenvalue weighted by Crippen LogP contribution is 2.38. The lowest BCUT2D eigenvalue weighted by Crippen LogP contribution is -2.10. The van der Waals surface area contributed by atoms with Gasteiger partial charge in [0.1, 0.15) is 23.1 Å². The molecule has 0 unspecified atom stereocenters. The second-order valence-electron chi connectivity index (χ2n) is 9.27. The maximum atomic E-state index is 12.5. The van der Waals surface area contributed by atoms with Crippen molar-refractivity contribution in [2.45, 2.75) is 26.9 Å². The lowest BCUT2D eigenvalue weighted by Gasteiger charge is -2.19. The SMILES string of the molecule is Cc1c(-c2cc(C(=O)O)c3c(O[C@H](C)c4ccc(NS(C)(=O)=O)cc4)ccc(C)c3n2)oc2ccccc12. The fraction of sp³-hybridized carbons (Fsp3) is 0.172. The Kier molecular flexibility index (Phi) is 6.32. The van der Waals surface area contributed by atoms with Gasteiger partial charge in [-0.05, 0) is 62.2 Å². The fourth-order valence-electron chi connectivity index (χ4n) is 4.54. The van der Waals surface area contributed by atoms with Gasteiger partial charge in [0, 0.05) is 16.6 Å². The Morgan fingerprint density at radius 3 is 2.42 bits per heavy atom. The number of furan rings is 1. The van der Waals surface area contributed by atoms with E-state index >= 15 is 0 Å². The predicted octanol–water partition coefficient (Wildman–Crippen LogP) is 6.47. The number of ether oxygens (including phenoxy) is 1. The summed E-state index contributed by atoms with van der Waals surface area (Å²) in [5.41, 5.74) is 4.63. The number of pyridine rings is 1. The number of nitrogens with one attached hydrogen (secondary N) is 1. The van der Waals surface area contributed by atoms with Crippen LogP contribution in [0.3, 0.4) is 0 Å².